The maximum atomic E-state index is 12.3. The van der Waals surface area contributed by atoms with Gasteiger partial charge in [-0.1, -0.05) is 13.8 Å². The second kappa shape index (κ2) is 9.72. The molecular weight excluding hydrogens is 252 g/mol. The molecule has 2 N–H and O–H groups in total. The Labute approximate surface area is 112 Å². The predicted octanol–water partition coefficient (Wildman–Crippen LogP) is 1.19. The van der Waals surface area contributed by atoms with Crippen molar-refractivity contribution in [3.8, 4) is 0 Å². The molecule has 0 heterocycles. The second-order valence-corrected chi connectivity index (χ2v) is 6.43. The number of unbranched alkanes of at least 4 members (excludes halogenated alkanes) is 1. The summed E-state index contributed by atoms with van der Waals surface area (Å²) in [6.45, 7) is 5.45. The third kappa shape index (κ3) is 6.13. The molecule has 0 amide bonds. The van der Waals surface area contributed by atoms with Crippen molar-refractivity contribution in [3.05, 3.63) is 0 Å². The van der Waals surface area contributed by atoms with E-state index in [9.17, 15) is 8.42 Å². The Morgan fingerprint density at radius 1 is 1.22 bits per heavy atom. The number of ether oxygens (including phenoxy) is 1. The summed E-state index contributed by atoms with van der Waals surface area (Å²) in [6.07, 6.45) is 3.04. The van der Waals surface area contributed by atoms with E-state index in [1.54, 1.807) is 11.4 Å². The van der Waals surface area contributed by atoms with Gasteiger partial charge in [-0.05, 0) is 32.2 Å². The molecule has 0 aliphatic heterocycles. The van der Waals surface area contributed by atoms with Crippen molar-refractivity contribution < 1.29 is 13.2 Å². The molecule has 0 atom stereocenters. The molecule has 0 radical (unpaired) electrons. The zero-order chi connectivity index (χ0) is 14.0. The van der Waals surface area contributed by atoms with Gasteiger partial charge in [0.05, 0.1) is 12.4 Å². The van der Waals surface area contributed by atoms with Crippen molar-refractivity contribution in [3.63, 3.8) is 0 Å². The van der Waals surface area contributed by atoms with Crippen LogP contribution in [0.3, 0.4) is 0 Å². The molecule has 0 fully saturated rings. The van der Waals surface area contributed by atoms with Crippen molar-refractivity contribution in [2.24, 2.45) is 5.73 Å². The molecule has 0 rings (SSSR count). The largest absolute Gasteiger partial charge is 0.383 e. The Bertz CT molecular complexity index is 290. The van der Waals surface area contributed by atoms with Gasteiger partial charge in [0.1, 0.15) is 0 Å². The summed E-state index contributed by atoms with van der Waals surface area (Å²) in [7, 11) is -1.60. The lowest BCUT2D eigenvalue weighted by Gasteiger charge is -2.29. The number of sulfonamides is 1. The van der Waals surface area contributed by atoms with Crippen LogP contribution in [-0.4, -0.2) is 51.3 Å². The minimum Gasteiger partial charge on any atom is -0.383 e. The van der Waals surface area contributed by atoms with E-state index in [0.717, 1.165) is 19.3 Å². The first-order valence-corrected chi connectivity index (χ1v) is 8.32. The molecule has 0 spiro atoms. The molecule has 18 heavy (non-hydrogen) atoms. The highest BCUT2D eigenvalue weighted by Crippen LogP contribution is 2.15. The standard InChI is InChI=1S/C12H28N2O3S/c1-4-12(5-2)14(9-10-17-3)18(15,16)11-7-6-8-13/h12H,4-11,13H2,1-3H3. The molecule has 0 aliphatic rings. The number of hydrogen-bond donors (Lipinski definition) is 1. The minimum atomic E-state index is -3.19. The summed E-state index contributed by atoms with van der Waals surface area (Å²) in [5, 5.41) is 0. The molecule has 0 aromatic heterocycles. The van der Waals surface area contributed by atoms with E-state index < -0.39 is 10.0 Å². The van der Waals surface area contributed by atoms with Crippen molar-refractivity contribution in [2.45, 2.75) is 45.6 Å². The quantitative estimate of drug-likeness (QED) is 0.577. The highest BCUT2D eigenvalue weighted by Gasteiger charge is 2.27. The first kappa shape index (κ1) is 17.8. The first-order chi connectivity index (χ1) is 8.53. The Morgan fingerprint density at radius 2 is 1.83 bits per heavy atom. The number of nitrogens with two attached hydrogens (primary N) is 1. The maximum absolute atomic E-state index is 12.3. The third-order valence-corrected chi connectivity index (χ3v) is 5.08. The monoisotopic (exact) mass is 280 g/mol. The Morgan fingerprint density at radius 3 is 2.28 bits per heavy atom. The van der Waals surface area contributed by atoms with Gasteiger partial charge in [-0.2, -0.15) is 4.31 Å². The number of nitrogens with zero attached hydrogens (tertiary/aromatic N) is 1. The van der Waals surface area contributed by atoms with Gasteiger partial charge in [0.2, 0.25) is 10.0 Å². The Kier molecular flexibility index (Phi) is 9.63. The second-order valence-electron chi connectivity index (χ2n) is 4.39. The van der Waals surface area contributed by atoms with Crippen LogP contribution in [0.15, 0.2) is 0 Å². The number of rotatable bonds is 11. The summed E-state index contributed by atoms with van der Waals surface area (Å²) in [5.41, 5.74) is 5.40. The summed E-state index contributed by atoms with van der Waals surface area (Å²) in [4.78, 5) is 0. The molecule has 0 aromatic rings. The van der Waals surface area contributed by atoms with E-state index in [0.29, 0.717) is 26.1 Å². The topological polar surface area (TPSA) is 72.6 Å². The van der Waals surface area contributed by atoms with Crippen LogP contribution < -0.4 is 5.73 Å². The van der Waals surface area contributed by atoms with Crippen LogP contribution in [0, 0.1) is 0 Å². The maximum Gasteiger partial charge on any atom is 0.214 e. The van der Waals surface area contributed by atoms with E-state index in [-0.39, 0.29) is 11.8 Å². The number of hydrogen-bond acceptors (Lipinski definition) is 4. The molecule has 0 aromatic carbocycles. The van der Waals surface area contributed by atoms with E-state index in [1.165, 1.54) is 0 Å². The summed E-state index contributed by atoms with van der Waals surface area (Å²) >= 11 is 0. The highest BCUT2D eigenvalue weighted by molar-refractivity contribution is 7.89. The minimum absolute atomic E-state index is 0.0722. The molecule has 0 unspecified atom stereocenters. The molecule has 0 saturated carbocycles. The lowest BCUT2D eigenvalue weighted by Crippen LogP contribution is -2.43. The van der Waals surface area contributed by atoms with Crippen LogP contribution in [0.5, 0.6) is 0 Å². The van der Waals surface area contributed by atoms with Crippen molar-refractivity contribution >= 4 is 10.0 Å². The van der Waals surface area contributed by atoms with Crippen LogP contribution in [0.2, 0.25) is 0 Å². The van der Waals surface area contributed by atoms with E-state index in [4.69, 9.17) is 10.5 Å². The fraction of sp³-hybridized carbons (Fsp3) is 1.00. The van der Waals surface area contributed by atoms with E-state index in [1.807, 2.05) is 13.8 Å². The van der Waals surface area contributed by atoms with Gasteiger partial charge >= 0.3 is 0 Å². The Hall–Kier alpha value is -0.170. The molecule has 0 aliphatic carbocycles. The van der Waals surface area contributed by atoms with Crippen molar-refractivity contribution in [1.29, 1.82) is 0 Å². The normalized spacial score (nSPS) is 12.6. The molecule has 5 nitrogen and oxygen atoms in total. The zero-order valence-corrected chi connectivity index (χ0v) is 12.7. The fourth-order valence-corrected chi connectivity index (χ4v) is 3.88. The van der Waals surface area contributed by atoms with Gasteiger partial charge in [-0.3, -0.25) is 0 Å². The Balaban J connectivity index is 4.69. The summed E-state index contributed by atoms with van der Waals surface area (Å²) < 4.78 is 31.2. The van der Waals surface area contributed by atoms with Crippen LogP contribution >= 0.6 is 0 Å². The molecule has 110 valence electrons. The average Bonchev–Trinajstić information content (AvgIpc) is 2.34. The van der Waals surface area contributed by atoms with Gasteiger partial charge in [-0.15, -0.1) is 0 Å². The number of methoxy groups -OCH3 is 1. The van der Waals surface area contributed by atoms with E-state index in [2.05, 4.69) is 0 Å². The lowest BCUT2D eigenvalue weighted by atomic mass is 10.2. The molecule has 6 heteroatoms. The first-order valence-electron chi connectivity index (χ1n) is 6.71. The van der Waals surface area contributed by atoms with Gasteiger partial charge in [0.15, 0.2) is 0 Å². The highest BCUT2D eigenvalue weighted by atomic mass is 32.2. The third-order valence-electron chi connectivity index (χ3n) is 3.08. The van der Waals surface area contributed by atoms with E-state index >= 15 is 0 Å². The smallest absolute Gasteiger partial charge is 0.214 e. The van der Waals surface area contributed by atoms with Crippen molar-refractivity contribution in [2.75, 3.05) is 32.6 Å². The molecular formula is C12H28N2O3S. The van der Waals surface area contributed by atoms with Crippen molar-refractivity contribution in [1.82, 2.24) is 4.31 Å². The average molecular weight is 280 g/mol. The van der Waals surface area contributed by atoms with Gasteiger partial charge in [-0.25, -0.2) is 8.42 Å². The fourth-order valence-electron chi connectivity index (χ4n) is 1.97. The zero-order valence-electron chi connectivity index (χ0n) is 11.9. The molecule has 0 bridgehead atoms. The van der Waals surface area contributed by atoms with Gasteiger partial charge in [0.25, 0.3) is 0 Å². The van der Waals surface area contributed by atoms with Gasteiger partial charge < -0.3 is 10.5 Å². The van der Waals surface area contributed by atoms with Crippen LogP contribution in [0.1, 0.15) is 39.5 Å². The summed E-state index contributed by atoms with van der Waals surface area (Å²) in [6, 6.07) is 0.0722. The van der Waals surface area contributed by atoms with Crippen LogP contribution in [0.25, 0.3) is 0 Å². The van der Waals surface area contributed by atoms with Crippen LogP contribution in [-0.2, 0) is 14.8 Å². The van der Waals surface area contributed by atoms with Crippen LogP contribution in [0.4, 0.5) is 0 Å². The SMILES string of the molecule is CCC(CC)N(CCOC)S(=O)(=O)CCCCN. The summed E-state index contributed by atoms with van der Waals surface area (Å²) in [5.74, 6) is 0.185. The van der Waals surface area contributed by atoms with Gasteiger partial charge in [0, 0.05) is 19.7 Å². The molecule has 0 saturated heterocycles. The predicted molar refractivity (Wildman–Crippen MR) is 75.0 cm³/mol. The lowest BCUT2D eigenvalue weighted by molar-refractivity contribution is 0.163.